The lowest BCUT2D eigenvalue weighted by Crippen LogP contribution is -2.37. The van der Waals surface area contributed by atoms with Gasteiger partial charge in [0, 0.05) is 19.2 Å². The molecule has 2 aromatic rings. The second kappa shape index (κ2) is 7.96. The Kier molecular flexibility index (Phi) is 5.47. The summed E-state index contributed by atoms with van der Waals surface area (Å²) >= 11 is 0. The van der Waals surface area contributed by atoms with Gasteiger partial charge in [0.1, 0.15) is 11.4 Å². The average molecular weight is 359 g/mol. The van der Waals surface area contributed by atoms with Gasteiger partial charge in [0.25, 0.3) is 5.91 Å². The minimum Gasteiger partial charge on any atom is -0.495 e. The number of rotatable bonds is 5. The van der Waals surface area contributed by atoms with Crippen LogP contribution in [0.2, 0.25) is 0 Å². The number of aromatic hydroxyl groups is 1. The Morgan fingerprint density at radius 2 is 2.12 bits per heavy atom. The van der Waals surface area contributed by atoms with E-state index in [1.54, 1.807) is 19.1 Å². The first-order valence-corrected chi connectivity index (χ1v) is 8.28. The van der Waals surface area contributed by atoms with Gasteiger partial charge in [0.2, 0.25) is 11.8 Å². The molecular formula is C17H21N5O4. The Morgan fingerprint density at radius 3 is 2.77 bits per heavy atom. The molecule has 0 bridgehead atoms. The van der Waals surface area contributed by atoms with Crippen LogP contribution in [0.15, 0.2) is 24.4 Å². The SMILES string of the molecule is COc1ccc(C(=O)N[C@@H](C)c2cc(O)nc(N3CCOCC3)n2)nc1. The number of amides is 1. The third kappa shape index (κ3) is 4.17. The molecule has 9 heteroatoms. The van der Waals surface area contributed by atoms with Crippen molar-refractivity contribution in [2.45, 2.75) is 13.0 Å². The number of carbonyl (C=O) groups is 1. The van der Waals surface area contributed by atoms with Gasteiger partial charge in [-0.05, 0) is 19.1 Å². The molecule has 1 aliphatic heterocycles. The highest BCUT2D eigenvalue weighted by Crippen LogP contribution is 2.20. The normalized spacial score (nSPS) is 15.4. The van der Waals surface area contributed by atoms with Crippen LogP contribution in [0.1, 0.15) is 29.1 Å². The number of ether oxygens (including phenoxy) is 2. The molecular weight excluding hydrogens is 338 g/mol. The Labute approximate surface area is 151 Å². The molecule has 138 valence electrons. The van der Waals surface area contributed by atoms with Crippen molar-refractivity contribution in [3.8, 4) is 11.6 Å². The largest absolute Gasteiger partial charge is 0.495 e. The highest BCUT2D eigenvalue weighted by Gasteiger charge is 2.19. The number of pyridine rings is 1. The molecule has 1 aliphatic rings. The number of carbonyl (C=O) groups excluding carboxylic acids is 1. The fraction of sp³-hybridized carbons (Fsp3) is 0.412. The van der Waals surface area contributed by atoms with Crippen molar-refractivity contribution < 1.29 is 19.4 Å². The van der Waals surface area contributed by atoms with Crippen LogP contribution in [0.3, 0.4) is 0 Å². The molecule has 26 heavy (non-hydrogen) atoms. The maximum atomic E-state index is 12.4. The van der Waals surface area contributed by atoms with Crippen molar-refractivity contribution >= 4 is 11.9 Å². The Morgan fingerprint density at radius 1 is 1.35 bits per heavy atom. The fourth-order valence-electron chi connectivity index (χ4n) is 2.55. The smallest absolute Gasteiger partial charge is 0.270 e. The topological polar surface area (TPSA) is 110 Å². The molecule has 0 saturated carbocycles. The number of methoxy groups -OCH3 is 1. The molecule has 1 fully saturated rings. The number of morpholine rings is 1. The van der Waals surface area contributed by atoms with Gasteiger partial charge in [-0.25, -0.2) is 9.97 Å². The minimum absolute atomic E-state index is 0.139. The average Bonchev–Trinajstić information content (AvgIpc) is 2.68. The number of hydrogen-bond donors (Lipinski definition) is 2. The van der Waals surface area contributed by atoms with E-state index in [0.29, 0.717) is 43.7 Å². The van der Waals surface area contributed by atoms with Crippen molar-refractivity contribution in [1.29, 1.82) is 0 Å². The molecule has 0 radical (unpaired) electrons. The Bertz CT molecular complexity index is 762. The summed E-state index contributed by atoms with van der Waals surface area (Å²) in [4.78, 5) is 26.9. The van der Waals surface area contributed by atoms with Gasteiger partial charge >= 0.3 is 0 Å². The van der Waals surface area contributed by atoms with Crippen molar-refractivity contribution in [3.63, 3.8) is 0 Å². The van der Waals surface area contributed by atoms with E-state index >= 15 is 0 Å². The molecule has 9 nitrogen and oxygen atoms in total. The van der Waals surface area contributed by atoms with E-state index in [1.165, 1.54) is 19.4 Å². The molecule has 3 heterocycles. The number of nitrogens with one attached hydrogen (secondary N) is 1. The zero-order chi connectivity index (χ0) is 18.5. The van der Waals surface area contributed by atoms with Crippen molar-refractivity contribution in [1.82, 2.24) is 20.3 Å². The summed E-state index contributed by atoms with van der Waals surface area (Å²) in [5.41, 5.74) is 0.783. The van der Waals surface area contributed by atoms with Crippen LogP contribution in [0.4, 0.5) is 5.95 Å². The molecule has 0 unspecified atom stereocenters. The van der Waals surface area contributed by atoms with E-state index in [2.05, 4.69) is 20.3 Å². The molecule has 0 aromatic carbocycles. The third-order valence-electron chi connectivity index (χ3n) is 4.01. The number of hydrogen-bond acceptors (Lipinski definition) is 8. The lowest BCUT2D eigenvalue weighted by atomic mass is 10.2. The molecule has 1 saturated heterocycles. The summed E-state index contributed by atoms with van der Waals surface area (Å²) in [6, 6.07) is 4.26. The predicted octanol–water partition coefficient (Wildman–Crippen LogP) is 0.913. The number of nitrogens with zero attached hydrogens (tertiary/aromatic N) is 4. The zero-order valence-corrected chi connectivity index (χ0v) is 14.7. The summed E-state index contributed by atoms with van der Waals surface area (Å²) in [5, 5.41) is 12.8. The minimum atomic E-state index is -0.430. The van der Waals surface area contributed by atoms with Crippen LogP contribution in [0.5, 0.6) is 11.6 Å². The summed E-state index contributed by atoms with van der Waals surface area (Å²) < 4.78 is 10.3. The highest BCUT2D eigenvalue weighted by molar-refractivity contribution is 5.92. The second-order valence-electron chi connectivity index (χ2n) is 5.83. The van der Waals surface area contributed by atoms with Crippen molar-refractivity contribution in [2.24, 2.45) is 0 Å². The third-order valence-corrected chi connectivity index (χ3v) is 4.01. The fourth-order valence-corrected chi connectivity index (χ4v) is 2.55. The molecule has 0 aliphatic carbocycles. The lowest BCUT2D eigenvalue weighted by Gasteiger charge is -2.27. The predicted molar refractivity (Wildman–Crippen MR) is 93.4 cm³/mol. The first-order chi connectivity index (χ1) is 12.6. The van der Waals surface area contributed by atoms with E-state index in [4.69, 9.17) is 9.47 Å². The van der Waals surface area contributed by atoms with Gasteiger partial charge in [-0.3, -0.25) is 4.79 Å². The van der Waals surface area contributed by atoms with Gasteiger partial charge in [-0.1, -0.05) is 0 Å². The van der Waals surface area contributed by atoms with Gasteiger partial charge < -0.3 is 24.8 Å². The van der Waals surface area contributed by atoms with E-state index in [0.717, 1.165) is 0 Å². The van der Waals surface area contributed by atoms with E-state index < -0.39 is 6.04 Å². The Hall–Kier alpha value is -2.94. The quantitative estimate of drug-likeness (QED) is 0.811. The zero-order valence-electron chi connectivity index (χ0n) is 14.7. The van der Waals surface area contributed by atoms with Crippen LogP contribution in [-0.4, -0.2) is 59.4 Å². The van der Waals surface area contributed by atoms with Crippen LogP contribution < -0.4 is 15.0 Å². The van der Waals surface area contributed by atoms with E-state index in [9.17, 15) is 9.90 Å². The molecule has 2 aromatic heterocycles. The molecule has 2 N–H and O–H groups in total. The monoisotopic (exact) mass is 359 g/mol. The van der Waals surface area contributed by atoms with Gasteiger partial charge in [-0.2, -0.15) is 4.98 Å². The highest BCUT2D eigenvalue weighted by atomic mass is 16.5. The maximum Gasteiger partial charge on any atom is 0.270 e. The van der Waals surface area contributed by atoms with Gasteiger partial charge in [-0.15, -0.1) is 0 Å². The standard InChI is InChI=1S/C17H21N5O4/c1-11(19-16(24)13-4-3-12(25-2)10-18-13)14-9-15(23)21-17(20-14)22-5-7-26-8-6-22/h3-4,9-11H,5-8H2,1-2H3,(H,19,24)(H,20,21,23)/t11-/m0/s1. The van der Waals surface area contributed by atoms with Crippen LogP contribution in [-0.2, 0) is 4.74 Å². The summed E-state index contributed by atoms with van der Waals surface area (Å²) in [5.74, 6) is 0.517. The summed E-state index contributed by atoms with van der Waals surface area (Å²) in [6.07, 6.45) is 1.48. The second-order valence-corrected chi connectivity index (χ2v) is 5.83. The molecule has 3 rings (SSSR count). The first kappa shape index (κ1) is 17.9. The van der Waals surface area contributed by atoms with E-state index in [-0.39, 0.29) is 17.5 Å². The van der Waals surface area contributed by atoms with Crippen molar-refractivity contribution in [3.05, 3.63) is 35.8 Å². The molecule has 1 atom stereocenters. The Balaban J connectivity index is 1.72. The van der Waals surface area contributed by atoms with E-state index in [1.807, 2.05) is 4.90 Å². The molecule has 0 spiro atoms. The lowest BCUT2D eigenvalue weighted by molar-refractivity contribution is 0.0934. The molecule has 1 amide bonds. The van der Waals surface area contributed by atoms with Crippen LogP contribution in [0, 0.1) is 0 Å². The van der Waals surface area contributed by atoms with Gasteiger partial charge in [0.15, 0.2) is 0 Å². The van der Waals surface area contributed by atoms with Crippen molar-refractivity contribution in [2.75, 3.05) is 38.3 Å². The first-order valence-electron chi connectivity index (χ1n) is 8.28. The number of aromatic nitrogens is 3. The summed E-state index contributed by atoms with van der Waals surface area (Å²) in [6.45, 7) is 4.26. The maximum absolute atomic E-state index is 12.4. The number of anilines is 1. The van der Waals surface area contributed by atoms with Gasteiger partial charge in [0.05, 0.1) is 38.3 Å². The summed E-state index contributed by atoms with van der Waals surface area (Å²) in [7, 11) is 1.53. The van der Waals surface area contributed by atoms with Crippen LogP contribution in [0.25, 0.3) is 0 Å². The van der Waals surface area contributed by atoms with Crippen LogP contribution >= 0.6 is 0 Å².